The molecule has 0 aromatic heterocycles. The number of amides is 2. The zero-order chi connectivity index (χ0) is 18.7. The van der Waals surface area contributed by atoms with Crippen LogP contribution >= 0.6 is 0 Å². The molecule has 0 radical (unpaired) electrons. The lowest BCUT2D eigenvalue weighted by molar-refractivity contribution is -0.125. The molecule has 0 saturated heterocycles. The van der Waals surface area contributed by atoms with Gasteiger partial charge in [0, 0.05) is 30.3 Å². The van der Waals surface area contributed by atoms with Crippen molar-refractivity contribution in [3.63, 3.8) is 0 Å². The lowest BCUT2D eigenvalue weighted by atomic mass is 10.0. The molecular weight excluding hydrogens is 337 g/mol. The van der Waals surface area contributed by atoms with Crippen LogP contribution in [0.1, 0.15) is 27.9 Å². The molecule has 2 amide bonds. The molecule has 26 heavy (non-hydrogen) atoms. The lowest BCUT2D eigenvalue weighted by Crippen LogP contribution is -2.28. The maximum Gasteiger partial charge on any atom is 0.268 e. The van der Waals surface area contributed by atoms with E-state index >= 15 is 0 Å². The van der Waals surface area contributed by atoms with E-state index in [4.69, 9.17) is 4.84 Å². The molecule has 134 valence electrons. The van der Waals surface area contributed by atoms with Gasteiger partial charge >= 0.3 is 0 Å². The summed E-state index contributed by atoms with van der Waals surface area (Å²) >= 11 is 0. The number of carbonyl (C=O) groups excluding carboxylic acids is 2. The third-order valence-electron chi connectivity index (χ3n) is 4.18. The Balaban J connectivity index is 1.70. The number of rotatable bonds is 4. The molecule has 2 aromatic rings. The van der Waals surface area contributed by atoms with E-state index in [-0.39, 0.29) is 24.1 Å². The largest absolute Gasteiger partial charge is 0.382 e. The molecule has 7 heteroatoms. The van der Waals surface area contributed by atoms with Crippen LogP contribution in [0.25, 0.3) is 0 Å². The first-order valence-electron chi connectivity index (χ1n) is 8.10. The maximum absolute atomic E-state index is 13.3. The highest BCUT2D eigenvalue weighted by atomic mass is 19.1. The Kier molecular flexibility index (Phi) is 4.97. The SMILES string of the molecule is CNC(=O)c1cccc(NC(=O)C2CC(c3cccc(F)c3)=NO2)c1C. The first-order chi connectivity index (χ1) is 12.5. The second-order valence-electron chi connectivity index (χ2n) is 5.89. The molecule has 0 bridgehead atoms. The Morgan fingerprint density at radius 3 is 2.73 bits per heavy atom. The van der Waals surface area contributed by atoms with Crippen LogP contribution in [-0.4, -0.2) is 30.7 Å². The third kappa shape index (κ3) is 3.56. The van der Waals surface area contributed by atoms with Crippen molar-refractivity contribution in [2.45, 2.75) is 19.4 Å². The molecule has 0 spiro atoms. The summed E-state index contributed by atoms with van der Waals surface area (Å²) in [7, 11) is 1.55. The van der Waals surface area contributed by atoms with E-state index in [1.54, 1.807) is 44.3 Å². The van der Waals surface area contributed by atoms with Crippen molar-refractivity contribution >= 4 is 23.2 Å². The molecule has 1 aliphatic rings. The van der Waals surface area contributed by atoms with Crippen LogP contribution in [0.4, 0.5) is 10.1 Å². The zero-order valence-electron chi connectivity index (χ0n) is 14.4. The predicted molar refractivity (Wildman–Crippen MR) is 95.6 cm³/mol. The number of anilines is 1. The summed E-state index contributed by atoms with van der Waals surface area (Å²) in [5.74, 6) is -0.982. The van der Waals surface area contributed by atoms with Crippen molar-refractivity contribution in [1.82, 2.24) is 5.32 Å². The Hall–Kier alpha value is -3.22. The van der Waals surface area contributed by atoms with Crippen LogP contribution < -0.4 is 10.6 Å². The number of oxime groups is 1. The number of carbonyl (C=O) groups is 2. The van der Waals surface area contributed by atoms with Gasteiger partial charge in [0.25, 0.3) is 11.8 Å². The Morgan fingerprint density at radius 2 is 2.00 bits per heavy atom. The van der Waals surface area contributed by atoms with E-state index in [0.29, 0.717) is 28.1 Å². The van der Waals surface area contributed by atoms with Crippen molar-refractivity contribution in [2.24, 2.45) is 5.16 Å². The highest BCUT2D eigenvalue weighted by Crippen LogP contribution is 2.22. The summed E-state index contributed by atoms with van der Waals surface area (Å²) in [5, 5.41) is 9.22. The molecule has 3 rings (SSSR count). The van der Waals surface area contributed by atoms with Gasteiger partial charge in [-0.15, -0.1) is 0 Å². The summed E-state index contributed by atoms with van der Waals surface area (Å²) in [6.45, 7) is 1.75. The summed E-state index contributed by atoms with van der Waals surface area (Å²) in [6, 6.07) is 11.1. The highest BCUT2D eigenvalue weighted by Gasteiger charge is 2.29. The van der Waals surface area contributed by atoms with Crippen LogP contribution in [0.2, 0.25) is 0 Å². The summed E-state index contributed by atoms with van der Waals surface area (Å²) in [4.78, 5) is 29.5. The van der Waals surface area contributed by atoms with Crippen molar-refractivity contribution < 1.29 is 18.8 Å². The first kappa shape index (κ1) is 17.6. The molecule has 6 nitrogen and oxygen atoms in total. The second-order valence-corrected chi connectivity index (χ2v) is 5.89. The molecule has 0 saturated carbocycles. The van der Waals surface area contributed by atoms with Crippen LogP contribution in [0, 0.1) is 12.7 Å². The van der Waals surface area contributed by atoms with Gasteiger partial charge in [-0.1, -0.05) is 23.4 Å². The molecule has 1 aliphatic heterocycles. The van der Waals surface area contributed by atoms with E-state index in [0.717, 1.165) is 0 Å². The minimum absolute atomic E-state index is 0.229. The first-order valence-corrected chi connectivity index (χ1v) is 8.10. The van der Waals surface area contributed by atoms with Crippen LogP contribution in [0.15, 0.2) is 47.6 Å². The monoisotopic (exact) mass is 355 g/mol. The average molecular weight is 355 g/mol. The van der Waals surface area contributed by atoms with Crippen molar-refractivity contribution in [1.29, 1.82) is 0 Å². The molecule has 0 aliphatic carbocycles. The number of nitrogens with zero attached hydrogens (tertiary/aromatic N) is 1. The highest BCUT2D eigenvalue weighted by molar-refractivity contribution is 6.06. The van der Waals surface area contributed by atoms with E-state index in [9.17, 15) is 14.0 Å². The lowest BCUT2D eigenvalue weighted by Gasteiger charge is -2.13. The number of hydrogen-bond acceptors (Lipinski definition) is 4. The van der Waals surface area contributed by atoms with Gasteiger partial charge in [0.2, 0.25) is 6.10 Å². The minimum atomic E-state index is -0.809. The zero-order valence-corrected chi connectivity index (χ0v) is 14.4. The Morgan fingerprint density at radius 1 is 1.23 bits per heavy atom. The molecular formula is C19H18FN3O3. The molecule has 2 aromatic carbocycles. The maximum atomic E-state index is 13.3. The molecule has 2 N–H and O–H groups in total. The Bertz CT molecular complexity index is 895. The van der Waals surface area contributed by atoms with E-state index in [1.165, 1.54) is 12.1 Å². The smallest absolute Gasteiger partial charge is 0.268 e. The topological polar surface area (TPSA) is 79.8 Å². The van der Waals surface area contributed by atoms with E-state index < -0.39 is 6.10 Å². The number of halogens is 1. The van der Waals surface area contributed by atoms with Gasteiger partial charge in [-0.05, 0) is 36.8 Å². The quantitative estimate of drug-likeness (QED) is 0.885. The van der Waals surface area contributed by atoms with Crippen molar-refractivity contribution in [3.8, 4) is 0 Å². The number of benzene rings is 2. The predicted octanol–water partition coefficient (Wildman–Crippen LogP) is 2.63. The van der Waals surface area contributed by atoms with Gasteiger partial charge in [-0.3, -0.25) is 9.59 Å². The van der Waals surface area contributed by atoms with Crippen LogP contribution in [0.3, 0.4) is 0 Å². The fourth-order valence-corrected chi connectivity index (χ4v) is 2.72. The number of hydrogen-bond donors (Lipinski definition) is 2. The standard InChI is InChI=1S/C19H18FN3O3/c1-11-14(18(24)21-2)7-4-8-15(11)22-19(25)17-10-16(23-26-17)12-5-3-6-13(20)9-12/h3-9,17H,10H2,1-2H3,(H,21,24)(H,22,25). The Labute approximate surface area is 150 Å². The fraction of sp³-hybridized carbons (Fsp3) is 0.211. The van der Waals surface area contributed by atoms with Gasteiger partial charge in [-0.2, -0.15) is 0 Å². The molecule has 0 fully saturated rings. The third-order valence-corrected chi connectivity index (χ3v) is 4.18. The van der Waals surface area contributed by atoms with Gasteiger partial charge in [0.1, 0.15) is 5.82 Å². The summed E-state index contributed by atoms with van der Waals surface area (Å²) in [6.07, 6.45) is -0.569. The van der Waals surface area contributed by atoms with E-state index in [2.05, 4.69) is 15.8 Å². The van der Waals surface area contributed by atoms with Gasteiger partial charge < -0.3 is 15.5 Å². The van der Waals surface area contributed by atoms with Gasteiger partial charge in [-0.25, -0.2) is 4.39 Å². The van der Waals surface area contributed by atoms with Crippen molar-refractivity contribution in [2.75, 3.05) is 12.4 Å². The average Bonchev–Trinajstić information content (AvgIpc) is 3.13. The van der Waals surface area contributed by atoms with Crippen molar-refractivity contribution in [3.05, 3.63) is 65.0 Å². The van der Waals surface area contributed by atoms with Gasteiger partial charge in [0.05, 0.1) is 5.71 Å². The normalized spacial score (nSPS) is 15.8. The minimum Gasteiger partial charge on any atom is -0.382 e. The van der Waals surface area contributed by atoms with E-state index in [1.807, 2.05) is 0 Å². The molecule has 1 unspecified atom stereocenters. The summed E-state index contributed by atoms with van der Waals surface area (Å²) < 4.78 is 13.3. The van der Waals surface area contributed by atoms with Crippen LogP contribution in [0.5, 0.6) is 0 Å². The van der Waals surface area contributed by atoms with Gasteiger partial charge in [0.15, 0.2) is 0 Å². The fourth-order valence-electron chi connectivity index (χ4n) is 2.72. The molecule has 1 heterocycles. The number of nitrogens with one attached hydrogen (secondary N) is 2. The molecule has 1 atom stereocenters. The second kappa shape index (κ2) is 7.35. The summed E-state index contributed by atoms with van der Waals surface area (Å²) in [5.41, 5.74) is 2.76. The van der Waals surface area contributed by atoms with Crippen LogP contribution in [-0.2, 0) is 9.63 Å².